The predicted octanol–water partition coefficient (Wildman–Crippen LogP) is 4.84. The molecule has 0 aromatic heterocycles. The fraction of sp³-hybridized carbons (Fsp3) is 0.143. The van der Waals surface area contributed by atoms with E-state index in [1.807, 2.05) is 24.3 Å². The largest absolute Gasteiger partial charge is 0.345 e. The van der Waals surface area contributed by atoms with Crippen LogP contribution in [0.15, 0.2) is 24.3 Å². The van der Waals surface area contributed by atoms with Crippen LogP contribution in [-0.4, -0.2) is 6.00 Å². The second-order valence-corrected chi connectivity index (χ2v) is 15.3. The summed E-state index contributed by atoms with van der Waals surface area (Å²) >= 11 is 29.2. The highest BCUT2D eigenvalue weighted by Crippen LogP contribution is 2.46. The summed E-state index contributed by atoms with van der Waals surface area (Å²) in [6, 6.07) is 5.30. The van der Waals surface area contributed by atoms with Crippen molar-refractivity contribution in [2.45, 2.75) is 6.04 Å². The highest BCUT2D eigenvalue weighted by Gasteiger charge is 2.27. The first-order valence-corrected chi connectivity index (χ1v) is 12.1. The van der Waals surface area contributed by atoms with Crippen molar-refractivity contribution in [3.8, 4) is 0 Å². The molecule has 0 nitrogen and oxygen atoms in total. The van der Waals surface area contributed by atoms with Gasteiger partial charge in [-0.05, 0) is 5.56 Å². The minimum absolute atomic E-state index is 0.451. The zero-order chi connectivity index (χ0) is 10.8. The molecule has 0 saturated heterocycles. The van der Waals surface area contributed by atoms with E-state index < -0.39 is 12.6 Å². The summed E-state index contributed by atoms with van der Waals surface area (Å²) in [5, 5.41) is 0.879. The van der Waals surface area contributed by atoms with E-state index in [4.69, 9.17) is 55.7 Å². The molecule has 0 aliphatic rings. The molecule has 0 amide bonds. The summed E-state index contributed by atoms with van der Waals surface area (Å²) < 4.78 is 0. The molecule has 0 N–H and O–H groups in total. The Morgan fingerprint density at radius 2 is 1.64 bits per heavy atom. The van der Waals surface area contributed by atoms with Crippen LogP contribution in [0.25, 0.3) is 0 Å². The molecular weight excluding hydrogens is 320 g/mol. The second kappa shape index (κ2) is 5.59. The molecule has 0 saturated carbocycles. The quantitative estimate of drug-likeness (QED) is 0.424. The third-order valence-electron chi connectivity index (χ3n) is 1.56. The molecule has 0 atom stereocenters. The average molecular weight is 326 g/mol. The van der Waals surface area contributed by atoms with Crippen molar-refractivity contribution in [1.29, 1.82) is 0 Å². The molecule has 0 fully saturated rings. The van der Waals surface area contributed by atoms with Crippen molar-refractivity contribution in [3.63, 3.8) is 0 Å². The van der Waals surface area contributed by atoms with Crippen LogP contribution in [0.5, 0.6) is 0 Å². The first-order valence-electron chi connectivity index (χ1n) is 3.66. The summed E-state index contributed by atoms with van der Waals surface area (Å²) in [5.41, 5.74) is 0.940. The molecule has 1 rings (SSSR count). The van der Waals surface area contributed by atoms with Gasteiger partial charge in [-0.25, -0.2) is 0 Å². The van der Waals surface area contributed by atoms with Crippen LogP contribution in [0.4, 0.5) is 0 Å². The lowest BCUT2D eigenvalue weighted by atomic mass is 10.2. The van der Waals surface area contributed by atoms with Gasteiger partial charge in [0.2, 0.25) is 0 Å². The number of halogens is 5. The van der Waals surface area contributed by atoms with Crippen LogP contribution in [-0.2, 0) is 6.04 Å². The van der Waals surface area contributed by atoms with Gasteiger partial charge in [-0.2, -0.15) is 0 Å². The van der Waals surface area contributed by atoms with Gasteiger partial charge in [-0.15, -0.1) is 33.2 Å². The molecule has 1 aromatic carbocycles. The van der Waals surface area contributed by atoms with Crippen LogP contribution in [0.3, 0.4) is 0 Å². The summed E-state index contributed by atoms with van der Waals surface area (Å²) in [6.07, 6.45) is 0. The van der Waals surface area contributed by atoms with Gasteiger partial charge in [0, 0.05) is 11.3 Å². The number of hydrogen-bond donors (Lipinski definition) is 0. The molecular formula is C7H6Cl5PSi. The predicted molar refractivity (Wildman–Crippen MR) is 71.7 cm³/mol. The number of rotatable bonds is 3. The summed E-state index contributed by atoms with van der Waals surface area (Å²) in [7, 11) is 0. The van der Waals surface area contributed by atoms with Gasteiger partial charge in [0.1, 0.15) is 6.63 Å². The normalized spacial score (nSPS) is 12.1. The van der Waals surface area contributed by atoms with Crippen molar-refractivity contribution >= 4 is 73.7 Å². The van der Waals surface area contributed by atoms with Gasteiger partial charge < -0.3 is 0 Å². The molecule has 0 aliphatic carbocycles. The maximum atomic E-state index is 5.85. The zero-order valence-electron chi connectivity index (χ0n) is 6.85. The third-order valence-corrected chi connectivity index (χ3v) is 5.44. The Morgan fingerprint density at radius 1 is 1.07 bits per heavy atom. The van der Waals surface area contributed by atoms with Crippen molar-refractivity contribution in [2.24, 2.45) is 0 Å². The van der Waals surface area contributed by atoms with Gasteiger partial charge in [0.15, 0.2) is 0 Å². The van der Waals surface area contributed by atoms with E-state index in [0.29, 0.717) is 6.04 Å². The molecule has 14 heavy (non-hydrogen) atoms. The van der Waals surface area contributed by atoms with E-state index in [0.717, 1.165) is 10.9 Å². The monoisotopic (exact) mass is 324 g/mol. The third kappa shape index (κ3) is 4.45. The van der Waals surface area contributed by atoms with Gasteiger partial charge in [0.25, 0.3) is 0 Å². The Hall–Kier alpha value is 1.32. The lowest BCUT2D eigenvalue weighted by Crippen LogP contribution is -2.19. The van der Waals surface area contributed by atoms with Crippen molar-refractivity contribution in [3.05, 3.63) is 29.8 Å². The molecule has 0 bridgehead atoms. The first-order chi connectivity index (χ1) is 6.40. The van der Waals surface area contributed by atoms with E-state index in [2.05, 4.69) is 0 Å². The van der Waals surface area contributed by atoms with Crippen molar-refractivity contribution < 1.29 is 0 Å². The lowest BCUT2D eigenvalue weighted by molar-refractivity contribution is 1.42. The van der Waals surface area contributed by atoms with Crippen molar-refractivity contribution in [1.82, 2.24) is 0 Å². The highest BCUT2D eigenvalue weighted by molar-refractivity contribution is 8.09. The zero-order valence-corrected chi connectivity index (χ0v) is 12.5. The highest BCUT2D eigenvalue weighted by atomic mass is 35.9. The SMILES string of the molecule is ClP(Cl)c1ccccc1C[Si](Cl)(Cl)Cl. The van der Waals surface area contributed by atoms with Gasteiger partial charge in [0.05, 0.1) is 0 Å². The topological polar surface area (TPSA) is 0 Å². The van der Waals surface area contributed by atoms with Crippen LogP contribution < -0.4 is 5.30 Å². The Labute approximate surface area is 109 Å². The minimum Gasteiger partial charge on any atom is -0.126 e. The summed E-state index contributed by atoms with van der Waals surface area (Å²) in [6.45, 7) is -1.18. The van der Waals surface area contributed by atoms with E-state index in [-0.39, 0.29) is 0 Å². The maximum absolute atomic E-state index is 5.85. The van der Waals surface area contributed by atoms with E-state index in [1.54, 1.807) is 0 Å². The molecule has 7 heteroatoms. The fourth-order valence-corrected chi connectivity index (χ4v) is 4.78. The molecule has 0 unspecified atom stereocenters. The van der Waals surface area contributed by atoms with Crippen LogP contribution in [0.1, 0.15) is 5.56 Å². The van der Waals surface area contributed by atoms with Gasteiger partial charge in [-0.1, -0.05) is 46.7 Å². The molecule has 0 aliphatic heterocycles. The maximum Gasteiger partial charge on any atom is 0.345 e. The first kappa shape index (κ1) is 13.4. The Balaban J connectivity index is 2.96. The van der Waals surface area contributed by atoms with E-state index in [9.17, 15) is 0 Å². The second-order valence-electron chi connectivity index (χ2n) is 2.65. The Kier molecular flexibility index (Phi) is 5.34. The molecule has 78 valence electrons. The smallest absolute Gasteiger partial charge is 0.126 e. The molecule has 1 aromatic rings. The fourth-order valence-electron chi connectivity index (χ4n) is 1.04. The van der Waals surface area contributed by atoms with Crippen LogP contribution >= 0.6 is 62.3 Å². The molecule has 0 heterocycles. The van der Waals surface area contributed by atoms with E-state index in [1.165, 1.54) is 0 Å². The van der Waals surface area contributed by atoms with Crippen LogP contribution in [0, 0.1) is 0 Å². The average Bonchev–Trinajstić information content (AvgIpc) is 2.01. The summed E-state index contributed by atoms with van der Waals surface area (Å²) in [5.74, 6) is 0. The Morgan fingerprint density at radius 3 is 2.14 bits per heavy atom. The van der Waals surface area contributed by atoms with Crippen LogP contribution in [0.2, 0.25) is 0 Å². The Bertz CT molecular complexity index is 311. The summed E-state index contributed by atoms with van der Waals surface area (Å²) in [4.78, 5) is 0. The van der Waals surface area contributed by atoms with E-state index >= 15 is 0 Å². The molecule has 0 spiro atoms. The number of benzene rings is 1. The van der Waals surface area contributed by atoms with Crippen molar-refractivity contribution in [2.75, 3.05) is 0 Å². The van der Waals surface area contributed by atoms with Gasteiger partial charge >= 0.3 is 6.00 Å². The lowest BCUT2D eigenvalue weighted by Gasteiger charge is -2.12. The molecule has 0 radical (unpaired) electrons. The standard InChI is InChI=1S/C7H6Cl5PSi/c8-13(9)7-4-2-1-3-6(7)5-14(10,11)12/h1-4H,5H2. The minimum atomic E-state index is -2.67. The number of hydrogen-bond acceptors (Lipinski definition) is 0. The van der Waals surface area contributed by atoms with Gasteiger partial charge in [-0.3, -0.25) is 0 Å².